The van der Waals surface area contributed by atoms with Crippen molar-refractivity contribution in [1.82, 2.24) is 4.98 Å². The molecule has 0 aliphatic heterocycles. The summed E-state index contributed by atoms with van der Waals surface area (Å²) in [6.07, 6.45) is 8.57. The van der Waals surface area contributed by atoms with Gasteiger partial charge in [0.2, 0.25) is 0 Å². The zero-order valence-electron chi connectivity index (χ0n) is 13.2. The zero-order chi connectivity index (χ0) is 15.9. The Balaban J connectivity index is 1.43. The number of rotatable bonds is 6. The summed E-state index contributed by atoms with van der Waals surface area (Å²) in [7, 11) is 0. The highest BCUT2D eigenvalue weighted by Gasteiger charge is 2.17. The third kappa shape index (κ3) is 4.66. The molecule has 0 saturated carbocycles. The normalized spacial score (nSPS) is 17.8. The summed E-state index contributed by atoms with van der Waals surface area (Å²) < 4.78 is 5.80. The number of allylic oxidation sites excluding steroid dienone is 2. The Labute approximate surface area is 143 Å². The number of aromatic nitrogens is 1. The summed E-state index contributed by atoms with van der Waals surface area (Å²) in [5.41, 5.74) is 3.48. The fourth-order valence-corrected chi connectivity index (χ4v) is 3.24. The van der Waals surface area contributed by atoms with Crippen molar-refractivity contribution in [3.8, 4) is 0 Å². The summed E-state index contributed by atoms with van der Waals surface area (Å²) in [5.74, 6) is 0.706. The van der Waals surface area contributed by atoms with Crippen molar-refractivity contribution >= 4 is 17.2 Å². The Hall–Kier alpha value is -1.64. The predicted octanol–water partition coefficient (Wildman–Crippen LogP) is 5.53. The molecule has 2 aromatic rings. The maximum absolute atomic E-state index is 6.23. The van der Waals surface area contributed by atoms with Crippen LogP contribution in [0.3, 0.4) is 0 Å². The lowest BCUT2D eigenvalue weighted by molar-refractivity contribution is 0.106. The molecule has 0 saturated heterocycles. The molecule has 3 heteroatoms. The van der Waals surface area contributed by atoms with E-state index in [9.17, 15) is 0 Å². The van der Waals surface area contributed by atoms with Crippen LogP contribution in [0.5, 0.6) is 0 Å². The molecular weight excluding hydrogens is 306 g/mol. The van der Waals surface area contributed by atoms with Crippen LogP contribution in [0.1, 0.15) is 36.9 Å². The third-order valence-corrected chi connectivity index (χ3v) is 4.67. The lowest BCUT2D eigenvalue weighted by Crippen LogP contribution is -2.09. The fraction of sp³-hybridized carbons (Fsp3) is 0.350. The SMILES string of the molecule is Clc1cccnc1C1=CCC(CCOCc2ccccc2)CC1. The molecule has 1 heterocycles. The van der Waals surface area contributed by atoms with Gasteiger partial charge in [-0.3, -0.25) is 4.98 Å². The first-order valence-corrected chi connectivity index (χ1v) is 8.62. The van der Waals surface area contributed by atoms with Gasteiger partial charge in [0.15, 0.2) is 0 Å². The van der Waals surface area contributed by atoms with Crippen LogP contribution in [0.15, 0.2) is 54.7 Å². The van der Waals surface area contributed by atoms with Gasteiger partial charge in [-0.2, -0.15) is 0 Å². The van der Waals surface area contributed by atoms with Crippen LogP contribution in [0.2, 0.25) is 5.02 Å². The number of ether oxygens (including phenoxy) is 1. The van der Waals surface area contributed by atoms with Crippen molar-refractivity contribution in [2.75, 3.05) is 6.61 Å². The number of nitrogens with zero attached hydrogens (tertiary/aromatic N) is 1. The smallest absolute Gasteiger partial charge is 0.0844 e. The summed E-state index contributed by atoms with van der Waals surface area (Å²) >= 11 is 6.23. The topological polar surface area (TPSA) is 22.1 Å². The van der Waals surface area contributed by atoms with Crippen molar-refractivity contribution in [3.63, 3.8) is 0 Å². The molecule has 1 aliphatic carbocycles. The number of pyridine rings is 1. The van der Waals surface area contributed by atoms with Gasteiger partial charge in [0, 0.05) is 12.8 Å². The average Bonchev–Trinajstić information content (AvgIpc) is 2.61. The van der Waals surface area contributed by atoms with E-state index in [1.54, 1.807) is 0 Å². The van der Waals surface area contributed by atoms with Gasteiger partial charge in [-0.25, -0.2) is 0 Å². The maximum atomic E-state index is 6.23. The molecule has 120 valence electrons. The van der Waals surface area contributed by atoms with E-state index in [1.807, 2.05) is 24.4 Å². The fourth-order valence-electron chi connectivity index (χ4n) is 3.00. The Morgan fingerprint density at radius 1 is 1.13 bits per heavy atom. The molecule has 1 aromatic heterocycles. The van der Waals surface area contributed by atoms with Crippen LogP contribution in [-0.2, 0) is 11.3 Å². The van der Waals surface area contributed by atoms with Crippen LogP contribution in [0.4, 0.5) is 0 Å². The third-order valence-electron chi connectivity index (χ3n) is 4.36. The second-order valence-corrected chi connectivity index (χ2v) is 6.44. The molecule has 0 radical (unpaired) electrons. The first-order chi connectivity index (χ1) is 11.3. The van der Waals surface area contributed by atoms with Crippen molar-refractivity contribution < 1.29 is 4.74 Å². The zero-order valence-corrected chi connectivity index (χ0v) is 14.0. The largest absolute Gasteiger partial charge is 0.377 e. The summed E-state index contributed by atoms with van der Waals surface area (Å²) in [4.78, 5) is 4.41. The summed E-state index contributed by atoms with van der Waals surface area (Å²) in [6.45, 7) is 1.53. The van der Waals surface area contributed by atoms with Crippen molar-refractivity contribution in [2.45, 2.75) is 32.3 Å². The van der Waals surface area contributed by atoms with Gasteiger partial charge in [-0.15, -0.1) is 0 Å². The van der Waals surface area contributed by atoms with E-state index in [0.29, 0.717) is 12.5 Å². The second kappa shape index (κ2) is 8.28. The van der Waals surface area contributed by atoms with E-state index in [0.717, 1.165) is 36.6 Å². The first kappa shape index (κ1) is 16.2. The van der Waals surface area contributed by atoms with E-state index >= 15 is 0 Å². The molecule has 1 aromatic carbocycles. The van der Waals surface area contributed by atoms with Crippen molar-refractivity contribution in [1.29, 1.82) is 0 Å². The Morgan fingerprint density at radius 3 is 2.74 bits per heavy atom. The van der Waals surface area contributed by atoms with Crippen molar-refractivity contribution in [3.05, 3.63) is 71.0 Å². The molecule has 0 bridgehead atoms. The first-order valence-electron chi connectivity index (χ1n) is 8.24. The number of hydrogen-bond donors (Lipinski definition) is 0. The number of hydrogen-bond acceptors (Lipinski definition) is 2. The Kier molecular flexibility index (Phi) is 5.84. The van der Waals surface area contributed by atoms with Crippen LogP contribution >= 0.6 is 11.6 Å². The molecule has 23 heavy (non-hydrogen) atoms. The number of benzene rings is 1. The van der Waals surface area contributed by atoms with Gasteiger partial charge in [-0.05, 0) is 54.9 Å². The van der Waals surface area contributed by atoms with Gasteiger partial charge in [0.25, 0.3) is 0 Å². The Morgan fingerprint density at radius 2 is 2.00 bits per heavy atom. The minimum atomic E-state index is 0.706. The second-order valence-electron chi connectivity index (χ2n) is 6.03. The molecule has 1 atom stereocenters. The van der Waals surface area contributed by atoms with Crippen LogP contribution < -0.4 is 0 Å². The molecule has 3 rings (SSSR count). The van der Waals surface area contributed by atoms with Gasteiger partial charge in [0.1, 0.15) is 0 Å². The van der Waals surface area contributed by atoms with E-state index in [-0.39, 0.29) is 0 Å². The maximum Gasteiger partial charge on any atom is 0.0844 e. The number of halogens is 1. The van der Waals surface area contributed by atoms with Gasteiger partial charge < -0.3 is 4.74 Å². The van der Waals surface area contributed by atoms with Gasteiger partial charge in [-0.1, -0.05) is 48.0 Å². The average molecular weight is 328 g/mol. The van der Waals surface area contributed by atoms with Crippen molar-refractivity contribution in [2.24, 2.45) is 5.92 Å². The molecule has 0 amide bonds. The molecule has 0 spiro atoms. The predicted molar refractivity (Wildman–Crippen MR) is 95.3 cm³/mol. The highest BCUT2D eigenvalue weighted by molar-refractivity contribution is 6.32. The molecule has 1 aliphatic rings. The van der Waals surface area contributed by atoms with Gasteiger partial charge in [0.05, 0.1) is 17.3 Å². The molecule has 2 nitrogen and oxygen atoms in total. The molecule has 0 fully saturated rings. The minimum Gasteiger partial charge on any atom is -0.377 e. The van der Waals surface area contributed by atoms with Gasteiger partial charge >= 0.3 is 0 Å². The summed E-state index contributed by atoms with van der Waals surface area (Å²) in [6, 6.07) is 14.1. The quantitative estimate of drug-likeness (QED) is 0.651. The molecular formula is C20H22ClNO. The minimum absolute atomic E-state index is 0.706. The van der Waals surface area contributed by atoms with E-state index in [2.05, 4.69) is 35.3 Å². The molecule has 0 N–H and O–H groups in total. The monoisotopic (exact) mass is 327 g/mol. The summed E-state index contributed by atoms with van der Waals surface area (Å²) in [5, 5.41) is 0.753. The standard InChI is InChI=1S/C20H22ClNO/c21-19-7-4-13-22-20(19)18-10-8-16(9-11-18)12-14-23-15-17-5-2-1-3-6-17/h1-7,10,13,16H,8-9,11-12,14-15H2. The van der Waals surface area contributed by atoms with Crippen LogP contribution in [0, 0.1) is 5.92 Å². The van der Waals surface area contributed by atoms with E-state index in [1.165, 1.54) is 17.6 Å². The molecule has 1 unspecified atom stereocenters. The highest BCUT2D eigenvalue weighted by Crippen LogP contribution is 2.33. The van der Waals surface area contributed by atoms with E-state index < -0.39 is 0 Å². The Bertz CT molecular complexity index is 654. The highest BCUT2D eigenvalue weighted by atomic mass is 35.5. The van der Waals surface area contributed by atoms with E-state index in [4.69, 9.17) is 16.3 Å². The lowest BCUT2D eigenvalue weighted by Gasteiger charge is -2.22. The van der Waals surface area contributed by atoms with Crippen LogP contribution in [-0.4, -0.2) is 11.6 Å². The van der Waals surface area contributed by atoms with Crippen LogP contribution in [0.25, 0.3) is 5.57 Å². The lowest BCUT2D eigenvalue weighted by atomic mass is 9.86.